The summed E-state index contributed by atoms with van der Waals surface area (Å²) < 4.78 is 5.02. The Morgan fingerprint density at radius 1 is 1.22 bits per heavy atom. The minimum absolute atomic E-state index is 0.0415. The summed E-state index contributed by atoms with van der Waals surface area (Å²) in [5.41, 5.74) is 3.28. The van der Waals surface area contributed by atoms with Gasteiger partial charge in [0, 0.05) is 17.5 Å². The van der Waals surface area contributed by atoms with E-state index in [4.69, 9.17) is 9.52 Å². The SMILES string of the molecule is O=C(NCCc1ccc(CO)cc1)c1csc(-c2ccoc2)n1. The van der Waals surface area contributed by atoms with Crippen molar-refractivity contribution in [3.8, 4) is 10.6 Å². The normalized spacial score (nSPS) is 10.7. The van der Waals surface area contributed by atoms with Crippen LogP contribution in [-0.2, 0) is 13.0 Å². The third kappa shape index (κ3) is 3.85. The highest BCUT2D eigenvalue weighted by atomic mass is 32.1. The molecule has 5 nitrogen and oxygen atoms in total. The standard InChI is InChI=1S/C17H16N2O3S/c20-9-13-3-1-12(2-4-13)5-7-18-16(21)15-11-23-17(19-15)14-6-8-22-10-14/h1-4,6,8,10-11,20H,5,7,9H2,(H,18,21). The number of furan rings is 1. The van der Waals surface area contributed by atoms with Crippen LogP contribution in [0, 0.1) is 0 Å². The van der Waals surface area contributed by atoms with Crippen LogP contribution in [0.1, 0.15) is 21.6 Å². The van der Waals surface area contributed by atoms with Crippen molar-refractivity contribution >= 4 is 17.2 Å². The lowest BCUT2D eigenvalue weighted by Crippen LogP contribution is -2.25. The van der Waals surface area contributed by atoms with E-state index in [1.54, 1.807) is 17.9 Å². The number of carbonyl (C=O) groups excluding carboxylic acids is 1. The van der Waals surface area contributed by atoms with Crippen LogP contribution in [0.25, 0.3) is 10.6 Å². The van der Waals surface area contributed by atoms with Crippen molar-refractivity contribution in [2.24, 2.45) is 0 Å². The monoisotopic (exact) mass is 328 g/mol. The second-order valence-corrected chi connectivity index (χ2v) is 5.89. The molecule has 3 aromatic rings. The van der Waals surface area contributed by atoms with Crippen LogP contribution in [0.3, 0.4) is 0 Å². The second kappa shape index (κ2) is 7.21. The molecule has 0 fully saturated rings. The molecule has 0 saturated carbocycles. The smallest absolute Gasteiger partial charge is 0.270 e. The highest BCUT2D eigenvalue weighted by molar-refractivity contribution is 7.13. The minimum atomic E-state index is -0.178. The highest BCUT2D eigenvalue weighted by Gasteiger charge is 2.12. The van der Waals surface area contributed by atoms with Crippen LogP contribution < -0.4 is 5.32 Å². The van der Waals surface area contributed by atoms with Crippen LogP contribution in [0.2, 0.25) is 0 Å². The molecule has 0 aliphatic carbocycles. The summed E-state index contributed by atoms with van der Waals surface area (Å²) in [7, 11) is 0. The molecule has 1 amide bonds. The predicted octanol–water partition coefficient (Wildman–Crippen LogP) is 2.87. The lowest BCUT2D eigenvalue weighted by atomic mass is 10.1. The van der Waals surface area contributed by atoms with E-state index >= 15 is 0 Å². The number of aliphatic hydroxyl groups is 1. The lowest BCUT2D eigenvalue weighted by molar-refractivity contribution is 0.0950. The maximum atomic E-state index is 12.1. The molecule has 0 aliphatic rings. The van der Waals surface area contributed by atoms with E-state index in [2.05, 4.69) is 10.3 Å². The molecule has 0 bridgehead atoms. The summed E-state index contributed by atoms with van der Waals surface area (Å²) in [6.07, 6.45) is 3.92. The number of hydrogen-bond donors (Lipinski definition) is 2. The quantitative estimate of drug-likeness (QED) is 0.729. The zero-order valence-corrected chi connectivity index (χ0v) is 13.2. The first-order valence-electron chi connectivity index (χ1n) is 7.21. The number of aromatic nitrogens is 1. The maximum absolute atomic E-state index is 12.1. The first kappa shape index (κ1) is 15.5. The summed E-state index contributed by atoms with van der Waals surface area (Å²) in [6.45, 7) is 0.579. The number of hydrogen-bond acceptors (Lipinski definition) is 5. The summed E-state index contributed by atoms with van der Waals surface area (Å²) in [5, 5.41) is 14.4. The number of nitrogens with zero attached hydrogens (tertiary/aromatic N) is 1. The number of aliphatic hydroxyl groups excluding tert-OH is 1. The Bertz CT molecular complexity index is 764. The molecule has 0 radical (unpaired) electrons. The van der Waals surface area contributed by atoms with Crippen molar-refractivity contribution in [2.45, 2.75) is 13.0 Å². The van der Waals surface area contributed by atoms with E-state index in [1.165, 1.54) is 11.3 Å². The van der Waals surface area contributed by atoms with E-state index in [9.17, 15) is 4.79 Å². The van der Waals surface area contributed by atoms with E-state index in [0.717, 1.165) is 28.1 Å². The molecule has 0 spiro atoms. The fraction of sp³-hybridized carbons (Fsp3) is 0.176. The van der Waals surface area contributed by atoms with Crippen molar-refractivity contribution in [1.82, 2.24) is 10.3 Å². The summed E-state index contributed by atoms with van der Waals surface area (Å²) in [4.78, 5) is 16.4. The van der Waals surface area contributed by atoms with Crippen LogP contribution in [0.4, 0.5) is 0 Å². The van der Waals surface area contributed by atoms with E-state index in [-0.39, 0.29) is 12.5 Å². The van der Waals surface area contributed by atoms with Gasteiger partial charge >= 0.3 is 0 Å². The number of nitrogens with one attached hydrogen (secondary N) is 1. The van der Waals surface area contributed by atoms with Gasteiger partial charge in [-0.1, -0.05) is 24.3 Å². The van der Waals surface area contributed by atoms with Gasteiger partial charge in [-0.3, -0.25) is 4.79 Å². The second-order valence-electron chi connectivity index (χ2n) is 5.03. The molecular weight excluding hydrogens is 312 g/mol. The Hall–Kier alpha value is -2.44. The molecule has 6 heteroatoms. The van der Waals surface area contributed by atoms with Gasteiger partial charge in [-0.05, 0) is 23.6 Å². The molecule has 23 heavy (non-hydrogen) atoms. The molecule has 2 heterocycles. The van der Waals surface area contributed by atoms with Crippen molar-refractivity contribution in [3.05, 3.63) is 65.1 Å². The highest BCUT2D eigenvalue weighted by Crippen LogP contribution is 2.23. The van der Waals surface area contributed by atoms with Crippen molar-refractivity contribution in [3.63, 3.8) is 0 Å². The van der Waals surface area contributed by atoms with Gasteiger partial charge in [0.15, 0.2) is 0 Å². The fourth-order valence-electron chi connectivity index (χ4n) is 2.12. The first-order valence-corrected chi connectivity index (χ1v) is 8.09. The molecular formula is C17H16N2O3S. The largest absolute Gasteiger partial charge is 0.472 e. The van der Waals surface area contributed by atoms with Crippen LogP contribution in [0.5, 0.6) is 0 Å². The lowest BCUT2D eigenvalue weighted by Gasteiger charge is -2.04. The number of thiazole rings is 1. The Morgan fingerprint density at radius 2 is 2.00 bits per heavy atom. The average molecular weight is 328 g/mol. The van der Waals surface area contributed by atoms with Crippen molar-refractivity contribution in [2.75, 3.05) is 6.54 Å². The van der Waals surface area contributed by atoms with Gasteiger partial charge in [-0.25, -0.2) is 4.98 Å². The number of rotatable bonds is 6. The molecule has 3 rings (SSSR count). The van der Waals surface area contributed by atoms with Crippen LogP contribution >= 0.6 is 11.3 Å². The van der Waals surface area contributed by atoms with Gasteiger partial charge < -0.3 is 14.8 Å². The third-order valence-corrected chi connectivity index (χ3v) is 4.30. The van der Waals surface area contributed by atoms with Gasteiger partial charge in [0.05, 0.1) is 12.9 Å². The number of amides is 1. The molecule has 2 N–H and O–H groups in total. The third-order valence-electron chi connectivity index (χ3n) is 3.41. The first-order chi connectivity index (χ1) is 11.3. The van der Waals surface area contributed by atoms with Crippen LogP contribution in [0.15, 0.2) is 52.7 Å². The Kier molecular flexibility index (Phi) is 4.85. The zero-order chi connectivity index (χ0) is 16.1. The average Bonchev–Trinajstić information content (AvgIpc) is 3.26. The van der Waals surface area contributed by atoms with E-state index in [1.807, 2.05) is 30.3 Å². The Morgan fingerprint density at radius 3 is 2.70 bits per heavy atom. The van der Waals surface area contributed by atoms with Crippen molar-refractivity contribution < 1.29 is 14.3 Å². The van der Waals surface area contributed by atoms with Gasteiger partial charge in [0.2, 0.25) is 0 Å². The minimum Gasteiger partial charge on any atom is -0.472 e. The predicted molar refractivity (Wildman–Crippen MR) is 88.2 cm³/mol. The van der Waals surface area contributed by atoms with Gasteiger partial charge in [0.1, 0.15) is 17.0 Å². The van der Waals surface area contributed by atoms with Gasteiger partial charge in [-0.2, -0.15) is 0 Å². The molecule has 0 unspecified atom stereocenters. The van der Waals surface area contributed by atoms with E-state index < -0.39 is 0 Å². The molecule has 0 atom stereocenters. The number of benzene rings is 1. The maximum Gasteiger partial charge on any atom is 0.270 e. The number of carbonyl (C=O) groups is 1. The van der Waals surface area contributed by atoms with Crippen molar-refractivity contribution in [1.29, 1.82) is 0 Å². The fourth-order valence-corrected chi connectivity index (χ4v) is 2.91. The molecule has 2 aromatic heterocycles. The summed E-state index contributed by atoms with van der Waals surface area (Å²) >= 11 is 1.41. The zero-order valence-electron chi connectivity index (χ0n) is 12.4. The van der Waals surface area contributed by atoms with Gasteiger partial charge in [-0.15, -0.1) is 11.3 Å². The summed E-state index contributed by atoms with van der Waals surface area (Å²) in [5.74, 6) is -0.178. The topological polar surface area (TPSA) is 75.4 Å². The molecule has 118 valence electrons. The van der Waals surface area contributed by atoms with Gasteiger partial charge in [0.25, 0.3) is 5.91 Å². The molecule has 0 aliphatic heterocycles. The Balaban J connectivity index is 1.53. The van der Waals surface area contributed by atoms with Crippen LogP contribution in [-0.4, -0.2) is 22.5 Å². The Labute approximate surface area is 137 Å². The summed E-state index contributed by atoms with van der Waals surface area (Å²) in [6, 6.07) is 9.50. The molecule has 1 aromatic carbocycles. The van der Waals surface area contributed by atoms with E-state index in [0.29, 0.717) is 12.2 Å². The molecule has 0 saturated heterocycles.